The summed E-state index contributed by atoms with van der Waals surface area (Å²) in [4.78, 5) is 12.0. The fraction of sp³-hybridized carbons (Fsp3) is 0.737. The Labute approximate surface area is 178 Å². The number of hydrogen-bond acceptors (Lipinski definition) is 7. The van der Waals surface area contributed by atoms with Crippen LogP contribution in [0.4, 0.5) is 5.82 Å². The summed E-state index contributed by atoms with van der Waals surface area (Å²) in [6.07, 6.45) is 7.29. The predicted octanol–water partition coefficient (Wildman–Crippen LogP) is 2.46. The predicted molar refractivity (Wildman–Crippen MR) is 114 cm³/mol. The third-order valence-electron chi connectivity index (χ3n) is 6.71. The van der Waals surface area contributed by atoms with Crippen LogP contribution in [0.3, 0.4) is 0 Å². The number of nitrogens with zero attached hydrogens (tertiary/aromatic N) is 5. The van der Waals surface area contributed by atoms with Gasteiger partial charge in [-0.05, 0) is 61.6 Å². The number of hydrogen-bond donors (Lipinski definition) is 1. The molecule has 1 unspecified atom stereocenters. The molecule has 0 radical (unpaired) electrons. The molecule has 3 aliphatic heterocycles. The second kappa shape index (κ2) is 7.33. The molecule has 5 rings (SSSR count). The minimum absolute atomic E-state index is 0.0379. The van der Waals surface area contributed by atoms with E-state index in [0.29, 0.717) is 0 Å². The molecule has 3 fully saturated rings. The highest BCUT2D eigenvalue weighted by Gasteiger charge is 2.47. The van der Waals surface area contributed by atoms with Crippen LogP contribution in [0, 0.1) is 9.12 Å². The summed E-state index contributed by atoms with van der Waals surface area (Å²) in [5.74, 6) is 0.913. The van der Waals surface area contributed by atoms with Gasteiger partial charge in [-0.25, -0.2) is 14.6 Å². The van der Waals surface area contributed by atoms with Gasteiger partial charge in [0.15, 0.2) is 15.6 Å². The highest BCUT2D eigenvalue weighted by atomic mass is 127. The van der Waals surface area contributed by atoms with Crippen LogP contribution in [0.2, 0.25) is 0 Å². The molecular weight excluding hydrogens is 471 g/mol. The van der Waals surface area contributed by atoms with Crippen molar-refractivity contribution in [3.8, 4) is 0 Å². The van der Waals surface area contributed by atoms with Gasteiger partial charge >= 0.3 is 0 Å². The van der Waals surface area contributed by atoms with Gasteiger partial charge in [0.25, 0.3) is 0 Å². The van der Waals surface area contributed by atoms with E-state index in [1.807, 2.05) is 10.9 Å². The Bertz CT molecular complexity index is 859. The first-order valence-electron chi connectivity index (χ1n) is 10.2. The van der Waals surface area contributed by atoms with E-state index in [1.165, 1.54) is 0 Å². The second-order valence-corrected chi connectivity index (χ2v) is 9.37. The summed E-state index contributed by atoms with van der Waals surface area (Å²) in [7, 11) is 0. The van der Waals surface area contributed by atoms with Gasteiger partial charge in [0.1, 0.15) is 11.3 Å². The number of piperidine rings is 1. The van der Waals surface area contributed by atoms with Crippen molar-refractivity contribution in [1.82, 2.24) is 19.7 Å². The third kappa shape index (κ3) is 3.10. The van der Waals surface area contributed by atoms with Gasteiger partial charge < -0.3 is 20.1 Å². The van der Waals surface area contributed by atoms with Gasteiger partial charge in [-0.15, -0.1) is 0 Å². The average molecular weight is 498 g/mol. The Morgan fingerprint density at radius 2 is 2.07 bits per heavy atom. The summed E-state index contributed by atoms with van der Waals surface area (Å²) in [6, 6.07) is 0.120. The summed E-state index contributed by atoms with van der Waals surface area (Å²) in [5.41, 5.74) is 8.24. The number of fused-ring (bicyclic) bond motifs is 1. The maximum Gasteiger partial charge on any atom is 0.182 e. The molecule has 3 atom stereocenters. The lowest BCUT2D eigenvalue weighted by Crippen LogP contribution is -2.50. The molecule has 3 saturated heterocycles. The van der Waals surface area contributed by atoms with Crippen LogP contribution >= 0.6 is 22.6 Å². The molecular formula is C19H27IN6O2. The van der Waals surface area contributed by atoms with E-state index in [2.05, 4.69) is 44.5 Å². The molecule has 1 spiro atoms. The number of halogens is 1. The molecule has 0 aliphatic carbocycles. The zero-order chi connectivity index (χ0) is 19.3. The third-order valence-corrected chi connectivity index (χ3v) is 7.43. The number of ether oxygens (including phenoxy) is 2. The topological polar surface area (TPSA) is 91.3 Å². The van der Waals surface area contributed by atoms with E-state index in [9.17, 15) is 0 Å². The average Bonchev–Trinajstić information content (AvgIpc) is 3.21. The van der Waals surface area contributed by atoms with Crippen LogP contribution in [0.1, 0.15) is 45.3 Å². The molecule has 0 saturated carbocycles. The molecule has 0 amide bonds. The van der Waals surface area contributed by atoms with Crippen molar-refractivity contribution in [2.24, 2.45) is 11.1 Å². The normalized spacial score (nSPS) is 30.4. The summed E-state index contributed by atoms with van der Waals surface area (Å²) in [6.45, 7) is 5.49. The minimum atomic E-state index is -0.0379. The lowest BCUT2D eigenvalue weighted by atomic mass is 9.73. The van der Waals surface area contributed by atoms with Crippen LogP contribution in [0.25, 0.3) is 11.2 Å². The van der Waals surface area contributed by atoms with Gasteiger partial charge in [-0.2, -0.15) is 5.10 Å². The van der Waals surface area contributed by atoms with E-state index >= 15 is 0 Å². The minimum Gasteiger partial charge on any atom is -0.376 e. The molecule has 152 valence electrons. The molecule has 8 nitrogen and oxygen atoms in total. The molecule has 2 aromatic heterocycles. The molecule has 0 bridgehead atoms. The Kier molecular flexibility index (Phi) is 4.96. The number of rotatable bonds is 2. The van der Waals surface area contributed by atoms with Gasteiger partial charge in [-0.3, -0.25) is 0 Å². The summed E-state index contributed by atoms with van der Waals surface area (Å²) >= 11 is 2.24. The van der Waals surface area contributed by atoms with E-state index in [4.69, 9.17) is 20.2 Å². The van der Waals surface area contributed by atoms with Crippen molar-refractivity contribution in [3.05, 3.63) is 9.90 Å². The highest BCUT2D eigenvalue weighted by Crippen LogP contribution is 2.41. The summed E-state index contributed by atoms with van der Waals surface area (Å²) in [5, 5.41) is 4.68. The quantitative estimate of drug-likeness (QED) is 0.637. The molecule has 5 heterocycles. The van der Waals surface area contributed by atoms with Crippen molar-refractivity contribution >= 4 is 39.6 Å². The molecule has 2 N–H and O–H groups in total. The maximum atomic E-state index is 6.45. The SMILES string of the molecule is C[C@@H]1OCC2(CCN(c3cnc4c(I)nn(C5CCCCO5)c4n3)CC2)[C@@H]1N. The Morgan fingerprint density at radius 3 is 2.75 bits per heavy atom. The number of anilines is 1. The van der Waals surface area contributed by atoms with E-state index in [0.717, 1.165) is 79.1 Å². The van der Waals surface area contributed by atoms with Crippen LogP contribution in [-0.2, 0) is 9.47 Å². The Hall–Kier alpha value is -1.04. The molecule has 0 aromatic carbocycles. The van der Waals surface area contributed by atoms with Crippen LogP contribution in [-0.4, -0.2) is 58.2 Å². The Morgan fingerprint density at radius 1 is 1.25 bits per heavy atom. The van der Waals surface area contributed by atoms with Crippen LogP contribution in [0.15, 0.2) is 6.20 Å². The van der Waals surface area contributed by atoms with Crippen molar-refractivity contribution in [1.29, 1.82) is 0 Å². The lowest BCUT2D eigenvalue weighted by molar-refractivity contribution is -0.0372. The summed E-state index contributed by atoms with van der Waals surface area (Å²) < 4.78 is 14.6. The van der Waals surface area contributed by atoms with Crippen molar-refractivity contribution < 1.29 is 9.47 Å². The van der Waals surface area contributed by atoms with Crippen LogP contribution in [0.5, 0.6) is 0 Å². The largest absolute Gasteiger partial charge is 0.376 e. The highest BCUT2D eigenvalue weighted by molar-refractivity contribution is 14.1. The molecule has 2 aromatic rings. The van der Waals surface area contributed by atoms with Crippen LogP contribution < -0.4 is 10.6 Å². The first-order chi connectivity index (χ1) is 13.6. The van der Waals surface area contributed by atoms with Gasteiger partial charge in [-0.1, -0.05) is 0 Å². The van der Waals surface area contributed by atoms with E-state index in [1.54, 1.807) is 0 Å². The van der Waals surface area contributed by atoms with E-state index in [-0.39, 0.29) is 23.8 Å². The smallest absolute Gasteiger partial charge is 0.182 e. The van der Waals surface area contributed by atoms with Crippen molar-refractivity contribution in [2.45, 2.75) is 57.4 Å². The van der Waals surface area contributed by atoms with Crippen molar-refractivity contribution in [2.75, 3.05) is 31.2 Å². The monoisotopic (exact) mass is 498 g/mol. The van der Waals surface area contributed by atoms with Gasteiger partial charge in [0.05, 0.1) is 18.9 Å². The first-order valence-corrected chi connectivity index (χ1v) is 11.3. The lowest BCUT2D eigenvalue weighted by Gasteiger charge is -2.41. The maximum absolute atomic E-state index is 6.45. The first kappa shape index (κ1) is 19.0. The standard InChI is InChI=1S/C19H27IN6O2/c1-12-16(21)19(11-28-12)5-7-25(8-6-19)13-10-22-15-17(20)24-26(18(15)23-13)14-4-2-3-9-27-14/h10,12,14,16H,2-9,11,21H2,1H3/t12-,14?,16+/m0/s1. The second-order valence-electron chi connectivity index (χ2n) is 8.35. The zero-order valence-electron chi connectivity index (χ0n) is 16.2. The number of aromatic nitrogens is 4. The molecule has 3 aliphatic rings. The Balaban J connectivity index is 1.39. The van der Waals surface area contributed by atoms with Gasteiger partial charge in [0.2, 0.25) is 0 Å². The zero-order valence-corrected chi connectivity index (χ0v) is 18.3. The molecule has 28 heavy (non-hydrogen) atoms. The molecule has 9 heteroatoms. The number of nitrogens with two attached hydrogens (primary N) is 1. The van der Waals surface area contributed by atoms with Gasteiger partial charge in [0, 0.05) is 31.2 Å². The van der Waals surface area contributed by atoms with Crippen molar-refractivity contribution in [3.63, 3.8) is 0 Å². The fourth-order valence-corrected chi connectivity index (χ4v) is 5.40. The fourth-order valence-electron chi connectivity index (χ4n) is 4.79. The van der Waals surface area contributed by atoms with E-state index < -0.39 is 0 Å².